The lowest BCUT2D eigenvalue weighted by Crippen LogP contribution is -2.20. The predicted molar refractivity (Wildman–Crippen MR) is 117 cm³/mol. The Hall–Kier alpha value is -3.06. The van der Waals surface area contributed by atoms with E-state index in [2.05, 4.69) is 111 Å². The molecule has 0 aliphatic carbocycles. The average molecular weight is 354 g/mol. The van der Waals surface area contributed by atoms with E-state index in [1.165, 1.54) is 16.7 Å². The minimum absolute atomic E-state index is 0.0698. The van der Waals surface area contributed by atoms with Crippen LogP contribution in [0.1, 0.15) is 42.1 Å². The summed E-state index contributed by atoms with van der Waals surface area (Å²) in [7, 11) is 0. The van der Waals surface area contributed by atoms with Crippen LogP contribution in [-0.4, -0.2) is 0 Å². The second-order valence-electron chi connectivity index (χ2n) is 7.10. The second-order valence-corrected chi connectivity index (χ2v) is 7.10. The molecule has 3 rings (SSSR count). The van der Waals surface area contributed by atoms with Gasteiger partial charge in [-0.1, -0.05) is 118 Å². The third-order valence-electron chi connectivity index (χ3n) is 4.52. The van der Waals surface area contributed by atoms with Crippen LogP contribution in [0.3, 0.4) is 0 Å². The molecule has 0 spiro atoms. The molecule has 136 valence electrons. The molecule has 0 saturated carbocycles. The molecule has 3 aromatic carbocycles. The first-order valence-electron chi connectivity index (χ1n) is 9.47. The van der Waals surface area contributed by atoms with Gasteiger partial charge in [0.1, 0.15) is 0 Å². The molecule has 0 fully saturated rings. The standard InChI is InChI=1S/C26H27N/c1-20(2)14-15-22-16-18-23(19-17-22)21(3)27-26(24-10-6-4-7-11-24)25-12-8-5-9-13-25/h4-20,26-27H,3H2,1-2H3/b15-14+. The van der Waals surface area contributed by atoms with E-state index >= 15 is 0 Å². The molecule has 1 N–H and O–H groups in total. The van der Waals surface area contributed by atoms with Crippen LogP contribution in [0.15, 0.2) is 97.6 Å². The van der Waals surface area contributed by atoms with Crippen LogP contribution in [0, 0.1) is 5.92 Å². The summed E-state index contributed by atoms with van der Waals surface area (Å²) in [6.45, 7) is 8.66. The van der Waals surface area contributed by atoms with E-state index in [0.717, 1.165) is 11.3 Å². The van der Waals surface area contributed by atoms with Gasteiger partial charge in [-0.3, -0.25) is 0 Å². The van der Waals surface area contributed by atoms with Crippen molar-refractivity contribution in [1.82, 2.24) is 5.32 Å². The predicted octanol–water partition coefficient (Wildman–Crippen LogP) is 6.71. The summed E-state index contributed by atoms with van der Waals surface area (Å²) in [5.41, 5.74) is 5.69. The van der Waals surface area contributed by atoms with Gasteiger partial charge in [-0.2, -0.15) is 0 Å². The fraction of sp³-hybridized carbons (Fsp3) is 0.154. The minimum Gasteiger partial charge on any atom is -0.374 e. The third kappa shape index (κ3) is 5.21. The monoisotopic (exact) mass is 353 g/mol. The van der Waals surface area contributed by atoms with Crippen molar-refractivity contribution in [3.63, 3.8) is 0 Å². The maximum atomic E-state index is 4.29. The zero-order chi connectivity index (χ0) is 19.1. The zero-order valence-electron chi connectivity index (χ0n) is 16.1. The first kappa shape index (κ1) is 18.7. The van der Waals surface area contributed by atoms with Crippen LogP contribution in [0.5, 0.6) is 0 Å². The first-order chi connectivity index (χ1) is 13.1. The Morgan fingerprint density at radius 3 is 1.78 bits per heavy atom. The molecule has 1 heteroatoms. The van der Waals surface area contributed by atoms with Crippen LogP contribution in [0.25, 0.3) is 11.8 Å². The van der Waals surface area contributed by atoms with Gasteiger partial charge >= 0.3 is 0 Å². The largest absolute Gasteiger partial charge is 0.374 e. The molecule has 1 nitrogen and oxygen atoms in total. The van der Waals surface area contributed by atoms with E-state index in [9.17, 15) is 0 Å². The van der Waals surface area contributed by atoms with Crippen molar-refractivity contribution in [2.24, 2.45) is 5.92 Å². The van der Waals surface area contributed by atoms with Gasteiger partial charge in [0.25, 0.3) is 0 Å². The van der Waals surface area contributed by atoms with Crippen LogP contribution in [0.2, 0.25) is 0 Å². The number of allylic oxidation sites excluding steroid dienone is 1. The average Bonchev–Trinajstić information content (AvgIpc) is 2.72. The van der Waals surface area contributed by atoms with Gasteiger partial charge in [-0.15, -0.1) is 0 Å². The lowest BCUT2D eigenvalue weighted by atomic mass is 9.97. The van der Waals surface area contributed by atoms with E-state index < -0.39 is 0 Å². The summed E-state index contributed by atoms with van der Waals surface area (Å²) < 4.78 is 0. The first-order valence-corrected chi connectivity index (χ1v) is 9.47. The maximum absolute atomic E-state index is 4.29. The topological polar surface area (TPSA) is 12.0 Å². The summed E-state index contributed by atoms with van der Waals surface area (Å²) >= 11 is 0. The molecule has 0 unspecified atom stereocenters. The molecular formula is C26H27N. The van der Waals surface area contributed by atoms with Gasteiger partial charge < -0.3 is 5.32 Å². The van der Waals surface area contributed by atoms with Crippen LogP contribution < -0.4 is 5.32 Å². The summed E-state index contributed by atoms with van der Waals surface area (Å²) in [5.74, 6) is 0.554. The molecule has 0 bridgehead atoms. The van der Waals surface area contributed by atoms with Gasteiger partial charge in [0, 0.05) is 5.70 Å². The third-order valence-corrected chi connectivity index (χ3v) is 4.52. The summed E-state index contributed by atoms with van der Waals surface area (Å²) in [6.07, 6.45) is 4.38. The number of hydrogen-bond donors (Lipinski definition) is 1. The molecular weight excluding hydrogens is 326 g/mol. The molecule has 0 atom stereocenters. The Bertz CT molecular complexity index is 835. The highest BCUT2D eigenvalue weighted by Gasteiger charge is 2.14. The number of rotatable bonds is 7. The van der Waals surface area contributed by atoms with Gasteiger partial charge in [0.15, 0.2) is 0 Å². The lowest BCUT2D eigenvalue weighted by molar-refractivity contribution is 0.746. The van der Waals surface area contributed by atoms with E-state index in [1.54, 1.807) is 0 Å². The second kappa shape index (κ2) is 9.05. The molecule has 0 aliphatic heterocycles. The van der Waals surface area contributed by atoms with E-state index in [4.69, 9.17) is 0 Å². The number of benzene rings is 3. The smallest absolute Gasteiger partial charge is 0.0767 e. The summed E-state index contributed by atoms with van der Waals surface area (Å²) in [6, 6.07) is 29.6. The van der Waals surface area contributed by atoms with Crippen molar-refractivity contribution in [2.75, 3.05) is 0 Å². The van der Waals surface area contributed by atoms with Crippen molar-refractivity contribution in [2.45, 2.75) is 19.9 Å². The molecule has 0 amide bonds. The molecule has 0 aliphatic rings. The fourth-order valence-electron chi connectivity index (χ4n) is 3.01. The van der Waals surface area contributed by atoms with Gasteiger partial charge in [0.2, 0.25) is 0 Å². The number of nitrogens with one attached hydrogen (secondary N) is 1. The molecule has 0 radical (unpaired) electrons. The van der Waals surface area contributed by atoms with E-state index in [-0.39, 0.29) is 6.04 Å². The highest BCUT2D eigenvalue weighted by molar-refractivity contribution is 5.64. The Labute approximate surface area is 163 Å². The molecule has 0 saturated heterocycles. The van der Waals surface area contributed by atoms with Crippen molar-refractivity contribution in [1.29, 1.82) is 0 Å². The Morgan fingerprint density at radius 1 is 0.778 bits per heavy atom. The fourth-order valence-corrected chi connectivity index (χ4v) is 3.01. The molecule has 27 heavy (non-hydrogen) atoms. The molecule has 0 aromatic heterocycles. The van der Waals surface area contributed by atoms with E-state index in [1.807, 2.05) is 12.1 Å². The van der Waals surface area contributed by atoms with Gasteiger partial charge in [-0.25, -0.2) is 0 Å². The molecule has 0 heterocycles. The van der Waals surface area contributed by atoms with Crippen LogP contribution >= 0.6 is 0 Å². The lowest BCUT2D eigenvalue weighted by Gasteiger charge is -2.22. The maximum Gasteiger partial charge on any atom is 0.0767 e. The normalized spacial score (nSPS) is 11.3. The SMILES string of the molecule is C=C(NC(c1ccccc1)c1ccccc1)c1ccc(/C=C/C(C)C)cc1. The zero-order valence-corrected chi connectivity index (χ0v) is 16.1. The van der Waals surface area contributed by atoms with Crippen LogP contribution in [0.4, 0.5) is 0 Å². The Balaban J connectivity index is 1.81. The number of hydrogen-bond acceptors (Lipinski definition) is 1. The van der Waals surface area contributed by atoms with Gasteiger partial charge in [-0.05, 0) is 28.2 Å². The van der Waals surface area contributed by atoms with Crippen LogP contribution in [-0.2, 0) is 0 Å². The minimum atomic E-state index is 0.0698. The highest BCUT2D eigenvalue weighted by Crippen LogP contribution is 2.25. The summed E-state index contributed by atoms with van der Waals surface area (Å²) in [5, 5.41) is 3.62. The van der Waals surface area contributed by atoms with Crippen molar-refractivity contribution < 1.29 is 0 Å². The Morgan fingerprint density at radius 2 is 1.30 bits per heavy atom. The van der Waals surface area contributed by atoms with Crippen molar-refractivity contribution in [3.8, 4) is 0 Å². The van der Waals surface area contributed by atoms with Crippen molar-refractivity contribution >= 4 is 11.8 Å². The van der Waals surface area contributed by atoms with Crippen molar-refractivity contribution in [3.05, 3.63) is 120 Å². The van der Waals surface area contributed by atoms with Gasteiger partial charge in [0.05, 0.1) is 6.04 Å². The highest BCUT2D eigenvalue weighted by atomic mass is 14.9. The Kier molecular flexibility index (Phi) is 6.27. The summed E-state index contributed by atoms with van der Waals surface area (Å²) in [4.78, 5) is 0. The van der Waals surface area contributed by atoms with E-state index in [0.29, 0.717) is 5.92 Å². The molecule has 3 aromatic rings. The quantitative estimate of drug-likeness (QED) is 0.498.